The van der Waals surface area contributed by atoms with Crippen molar-refractivity contribution in [2.45, 2.75) is 19.4 Å². The second-order valence-corrected chi connectivity index (χ2v) is 4.78. The fourth-order valence-electron chi connectivity index (χ4n) is 2.79. The number of nitrogens with one attached hydrogen (secondary N) is 2. The van der Waals surface area contributed by atoms with Crippen molar-refractivity contribution in [3.05, 3.63) is 11.9 Å². The van der Waals surface area contributed by atoms with Crippen molar-refractivity contribution < 1.29 is 9.53 Å². The van der Waals surface area contributed by atoms with Gasteiger partial charge in [0.15, 0.2) is 5.69 Å². The van der Waals surface area contributed by atoms with Gasteiger partial charge in [0.05, 0.1) is 6.61 Å². The summed E-state index contributed by atoms with van der Waals surface area (Å²) in [6.45, 7) is 5.13. The molecule has 0 amide bonds. The number of aromatic nitrogens is 2. The number of hydrogen-bond donors (Lipinski definition) is 2. The molecule has 3 heterocycles. The predicted molar refractivity (Wildman–Crippen MR) is 66.7 cm³/mol. The molecule has 0 aliphatic carbocycles. The Hall–Kier alpha value is -1.56. The van der Waals surface area contributed by atoms with Crippen LogP contribution in [0.15, 0.2) is 6.20 Å². The standard InChI is InChI=1S/C12H18N4O2/c1-2-18-11(17)9-7-16-10-3-4-13-5-8(10)6-14-12(16)15-9/h7-8,10,13H,2-6H2,1H3,(H,14,15). The molecule has 0 aromatic carbocycles. The Labute approximate surface area is 106 Å². The van der Waals surface area contributed by atoms with Crippen molar-refractivity contribution in [3.8, 4) is 0 Å². The smallest absolute Gasteiger partial charge is 0.358 e. The van der Waals surface area contributed by atoms with Gasteiger partial charge in [0.2, 0.25) is 5.95 Å². The summed E-state index contributed by atoms with van der Waals surface area (Å²) < 4.78 is 7.09. The molecule has 2 aliphatic heterocycles. The first-order valence-electron chi connectivity index (χ1n) is 6.50. The maximum absolute atomic E-state index is 11.7. The van der Waals surface area contributed by atoms with Crippen LogP contribution in [0.2, 0.25) is 0 Å². The van der Waals surface area contributed by atoms with Gasteiger partial charge in [0.25, 0.3) is 0 Å². The number of carbonyl (C=O) groups excluding carboxylic acids is 1. The quantitative estimate of drug-likeness (QED) is 0.754. The van der Waals surface area contributed by atoms with E-state index in [1.54, 1.807) is 6.92 Å². The largest absolute Gasteiger partial charge is 0.461 e. The lowest BCUT2D eigenvalue weighted by molar-refractivity contribution is 0.0520. The van der Waals surface area contributed by atoms with Gasteiger partial charge in [0, 0.05) is 31.2 Å². The summed E-state index contributed by atoms with van der Waals surface area (Å²) in [6, 6.07) is 0.443. The van der Waals surface area contributed by atoms with Gasteiger partial charge in [-0.2, -0.15) is 0 Å². The molecular weight excluding hydrogens is 232 g/mol. The van der Waals surface area contributed by atoms with Crippen LogP contribution in [0.4, 0.5) is 5.95 Å². The van der Waals surface area contributed by atoms with E-state index in [9.17, 15) is 4.79 Å². The molecule has 2 aliphatic rings. The van der Waals surface area contributed by atoms with Crippen LogP contribution in [0.1, 0.15) is 29.9 Å². The fraction of sp³-hybridized carbons (Fsp3) is 0.667. The van der Waals surface area contributed by atoms with E-state index in [0.29, 0.717) is 24.3 Å². The van der Waals surface area contributed by atoms with E-state index in [4.69, 9.17) is 4.74 Å². The molecule has 1 saturated heterocycles. The van der Waals surface area contributed by atoms with Crippen LogP contribution in [0.25, 0.3) is 0 Å². The fourth-order valence-corrected chi connectivity index (χ4v) is 2.79. The first-order valence-corrected chi connectivity index (χ1v) is 6.50. The number of carbonyl (C=O) groups is 1. The van der Waals surface area contributed by atoms with E-state index in [1.807, 2.05) is 6.20 Å². The summed E-state index contributed by atoms with van der Waals surface area (Å²) in [4.78, 5) is 16.0. The highest BCUT2D eigenvalue weighted by Gasteiger charge is 2.33. The van der Waals surface area contributed by atoms with E-state index in [0.717, 1.165) is 32.0 Å². The number of imidazole rings is 1. The lowest BCUT2D eigenvalue weighted by Gasteiger charge is -2.37. The first kappa shape index (κ1) is 11.5. The SMILES string of the molecule is CCOC(=O)c1cn2c(n1)NCC1CNCCC12. The van der Waals surface area contributed by atoms with Gasteiger partial charge in [-0.25, -0.2) is 9.78 Å². The summed E-state index contributed by atoms with van der Waals surface area (Å²) in [5, 5.41) is 6.68. The molecule has 1 fully saturated rings. The minimum Gasteiger partial charge on any atom is -0.461 e. The van der Waals surface area contributed by atoms with Gasteiger partial charge < -0.3 is 19.9 Å². The third-order valence-corrected chi connectivity index (χ3v) is 3.66. The Kier molecular flexibility index (Phi) is 2.95. The van der Waals surface area contributed by atoms with Crippen molar-refractivity contribution >= 4 is 11.9 Å². The lowest BCUT2D eigenvalue weighted by atomic mass is 9.92. The van der Waals surface area contributed by atoms with E-state index in [-0.39, 0.29) is 5.97 Å². The zero-order valence-electron chi connectivity index (χ0n) is 10.5. The minimum absolute atomic E-state index is 0.341. The molecule has 0 bridgehead atoms. The number of rotatable bonds is 2. The molecule has 0 radical (unpaired) electrons. The van der Waals surface area contributed by atoms with Crippen molar-refractivity contribution in [1.29, 1.82) is 0 Å². The van der Waals surface area contributed by atoms with Crippen LogP contribution in [-0.2, 0) is 4.74 Å². The number of piperidine rings is 1. The molecule has 6 nitrogen and oxygen atoms in total. The van der Waals surface area contributed by atoms with E-state index < -0.39 is 0 Å². The van der Waals surface area contributed by atoms with Crippen molar-refractivity contribution in [3.63, 3.8) is 0 Å². The summed E-state index contributed by atoms with van der Waals surface area (Å²) in [6.07, 6.45) is 2.90. The van der Waals surface area contributed by atoms with Crippen LogP contribution in [0, 0.1) is 5.92 Å². The van der Waals surface area contributed by atoms with Crippen LogP contribution < -0.4 is 10.6 Å². The number of anilines is 1. The molecule has 3 rings (SSSR count). The molecule has 2 unspecified atom stereocenters. The average molecular weight is 250 g/mol. The summed E-state index contributed by atoms with van der Waals surface area (Å²) >= 11 is 0. The highest BCUT2D eigenvalue weighted by molar-refractivity contribution is 5.87. The van der Waals surface area contributed by atoms with Crippen LogP contribution >= 0.6 is 0 Å². The summed E-state index contributed by atoms with van der Waals surface area (Å²) in [7, 11) is 0. The molecule has 0 saturated carbocycles. The second kappa shape index (κ2) is 4.61. The van der Waals surface area contributed by atoms with Gasteiger partial charge >= 0.3 is 5.97 Å². The van der Waals surface area contributed by atoms with Crippen LogP contribution in [-0.4, -0.2) is 41.8 Å². The highest BCUT2D eigenvalue weighted by Crippen LogP contribution is 2.32. The Morgan fingerprint density at radius 3 is 3.33 bits per heavy atom. The maximum Gasteiger partial charge on any atom is 0.358 e. The normalized spacial score (nSPS) is 25.8. The molecular formula is C12H18N4O2. The summed E-state index contributed by atoms with van der Waals surface area (Å²) in [5.74, 6) is 1.02. The minimum atomic E-state index is -0.341. The zero-order valence-corrected chi connectivity index (χ0v) is 10.5. The number of nitrogens with zero attached hydrogens (tertiary/aromatic N) is 2. The number of fused-ring (bicyclic) bond motifs is 3. The zero-order chi connectivity index (χ0) is 12.5. The highest BCUT2D eigenvalue weighted by atomic mass is 16.5. The Bertz CT molecular complexity index is 457. The number of esters is 1. The molecule has 2 atom stereocenters. The van der Waals surface area contributed by atoms with Crippen LogP contribution in [0.5, 0.6) is 0 Å². The third-order valence-electron chi connectivity index (χ3n) is 3.66. The Morgan fingerprint density at radius 2 is 2.50 bits per heavy atom. The van der Waals surface area contributed by atoms with Crippen molar-refractivity contribution in [2.24, 2.45) is 5.92 Å². The molecule has 98 valence electrons. The second-order valence-electron chi connectivity index (χ2n) is 4.78. The van der Waals surface area contributed by atoms with Crippen LogP contribution in [0.3, 0.4) is 0 Å². The van der Waals surface area contributed by atoms with Crippen molar-refractivity contribution in [2.75, 3.05) is 31.6 Å². The molecule has 18 heavy (non-hydrogen) atoms. The lowest BCUT2D eigenvalue weighted by Crippen LogP contribution is -2.44. The summed E-state index contributed by atoms with van der Waals surface area (Å²) in [5.41, 5.74) is 0.401. The van der Waals surface area contributed by atoms with Gasteiger partial charge in [-0.1, -0.05) is 0 Å². The molecule has 0 spiro atoms. The van der Waals surface area contributed by atoms with Gasteiger partial charge in [0.1, 0.15) is 0 Å². The van der Waals surface area contributed by atoms with Crippen molar-refractivity contribution in [1.82, 2.24) is 14.9 Å². The molecule has 2 N–H and O–H groups in total. The molecule has 1 aromatic rings. The number of hydrogen-bond acceptors (Lipinski definition) is 5. The van der Waals surface area contributed by atoms with E-state index in [2.05, 4.69) is 20.2 Å². The predicted octanol–water partition coefficient (Wildman–Crippen LogP) is 0.636. The molecule has 6 heteroatoms. The topological polar surface area (TPSA) is 68.2 Å². The third kappa shape index (κ3) is 1.86. The van der Waals surface area contributed by atoms with Gasteiger partial charge in [-0.3, -0.25) is 0 Å². The van der Waals surface area contributed by atoms with E-state index >= 15 is 0 Å². The first-order chi connectivity index (χ1) is 8.79. The van der Waals surface area contributed by atoms with Gasteiger partial charge in [-0.15, -0.1) is 0 Å². The average Bonchev–Trinajstić information content (AvgIpc) is 2.83. The van der Waals surface area contributed by atoms with Gasteiger partial charge in [-0.05, 0) is 19.9 Å². The maximum atomic E-state index is 11.7. The Morgan fingerprint density at radius 1 is 1.61 bits per heavy atom. The Balaban J connectivity index is 1.87. The van der Waals surface area contributed by atoms with E-state index in [1.165, 1.54) is 0 Å². The monoisotopic (exact) mass is 250 g/mol. The number of ether oxygens (including phenoxy) is 1. The molecule has 1 aromatic heterocycles.